The third-order valence-corrected chi connectivity index (χ3v) is 10.4. The number of hydrogen-bond donors (Lipinski definition) is 1. The van der Waals surface area contributed by atoms with E-state index in [1.165, 1.54) is 6.07 Å². The summed E-state index contributed by atoms with van der Waals surface area (Å²) in [4.78, 5) is 30.8. The maximum absolute atomic E-state index is 13.7. The number of likely N-dealkylation sites (tertiary alicyclic amines) is 1. The Morgan fingerprint density at radius 1 is 1.07 bits per heavy atom. The Balaban J connectivity index is 1.57. The SMILES string of the molecule is CCN(C(C)C)C1CCC(CS(=O)(=O)c2ccccc2)(N2CC[C@H](NC(=O)c3cccc(C(F)(F)F)c3)C2=O)CC1. The first-order valence-electron chi connectivity index (χ1n) is 14.1. The highest BCUT2D eigenvalue weighted by molar-refractivity contribution is 7.91. The van der Waals surface area contributed by atoms with Crippen LogP contribution in [-0.4, -0.2) is 72.5 Å². The van der Waals surface area contributed by atoms with Crippen molar-refractivity contribution in [1.29, 1.82) is 0 Å². The van der Waals surface area contributed by atoms with Crippen LogP contribution in [0, 0.1) is 0 Å². The Labute approximate surface area is 240 Å². The molecule has 11 heteroatoms. The van der Waals surface area contributed by atoms with Gasteiger partial charge in [0.15, 0.2) is 9.84 Å². The van der Waals surface area contributed by atoms with Gasteiger partial charge in [-0.15, -0.1) is 0 Å². The Morgan fingerprint density at radius 3 is 2.32 bits per heavy atom. The molecule has 2 fully saturated rings. The summed E-state index contributed by atoms with van der Waals surface area (Å²) in [6, 6.07) is 11.9. The standard InChI is InChI=1S/C30H38F3N3O4S/c1-4-35(21(2)3)24-13-16-29(17-14-24,20-41(39,40)25-11-6-5-7-12-25)36-18-15-26(28(36)38)34-27(37)22-9-8-10-23(19-22)30(31,32)33/h5-12,19,21,24,26H,4,13-18,20H2,1-3H3,(H,34,37)/t24?,26-,29?/m0/s1. The van der Waals surface area contributed by atoms with E-state index < -0.39 is 45.0 Å². The van der Waals surface area contributed by atoms with Gasteiger partial charge in [-0.25, -0.2) is 8.42 Å². The van der Waals surface area contributed by atoms with E-state index in [1.807, 2.05) is 0 Å². The van der Waals surface area contributed by atoms with Crippen LogP contribution in [0.15, 0.2) is 59.5 Å². The molecule has 0 aromatic heterocycles. The van der Waals surface area contributed by atoms with E-state index in [9.17, 15) is 31.2 Å². The number of nitrogens with zero attached hydrogens (tertiary/aromatic N) is 2. The monoisotopic (exact) mass is 593 g/mol. The summed E-state index contributed by atoms with van der Waals surface area (Å²) in [6.07, 6.45) is -1.93. The van der Waals surface area contributed by atoms with Gasteiger partial charge < -0.3 is 10.2 Å². The predicted molar refractivity (Wildman–Crippen MR) is 150 cm³/mol. The maximum atomic E-state index is 13.7. The number of benzene rings is 2. The molecule has 1 saturated carbocycles. The number of nitrogens with one attached hydrogen (secondary N) is 1. The van der Waals surface area contributed by atoms with Crippen LogP contribution in [0.4, 0.5) is 13.2 Å². The highest BCUT2D eigenvalue weighted by Gasteiger charge is 2.50. The molecule has 1 N–H and O–H groups in total. The van der Waals surface area contributed by atoms with Gasteiger partial charge in [0, 0.05) is 24.2 Å². The van der Waals surface area contributed by atoms with Crippen molar-refractivity contribution < 1.29 is 31.2 Å². The van der Waals surface area contributed by atoms with Crippen molar-refractivity contribution in [2.75, 3.05) is 18.8 Å². The van der Waals surface area contributed by atoms with Crippen LogP contribution < -0.4 is 5.32 Å². The van der Waals surface area contributed by atoms with Crippen LogP contribution >= 0.6 is 0 Å². The number of sulfone groups is 1. The fraction of sp³-hybridized carbons (Fsp3) is 0.533. The van der Waals surface area contributed by atoms with E-state index >= 15 is 0 Å². The van der Waals surface area contributed by atoms with Crippen LogP contribution in [0.2, 0.25) is 0 Å². The Bertz CT molecular complexity index is 1340. The van der Waals surface area contributed by atoms with E-state index in [4.69, 9.17) is 0 Å². The second-order valence-electron chi connectivity index (χ2n) is 11.3. The van der Waals surface area contributed by atoms with Crippen molar-refractivity contribution in [3.8, 4) is 0 Å². The number of rotatable bonds is 9. The highest BCUT2D eigenvalue weighted by atomic mass is 32.2. The maximum Gasteiger partial charge on any atom is 0.416 e. The number of halogens is 3. The fourth-order valence-electron chi connectivity index (χ4n) is 6.44. The summed E-state index contributed by atoms with van der Waals surface area (Å²) in [5.74, 6) is -1.41. The second-order valence-corrected chi connectivity index (χ2v) is 13.3. The number of amides is 2. The molecule has 0 radical (unpaired) electrons. The van der Waals surface area contributed by atoms with Gasteiger partial charge in [0.1, 0.15) is 6.04 Å². The molecule has 2 amide bonds. The fourth-order valence-corrected chi connectivity index (χ4v) is 8.33. The van der Waals surface area contributed by atoms with E-state index in [0.717, 1.165) is 37.6 Å². The van der Waals surface area contributed by atoms with Gasteiger partial charge in [-0.1, -0.05) is 31.2 Å². The molecule has 1 heterocycles. The summed E-state index contributed by atoms with van der Waals surface area (Å²) < 4.78 is 66.7. The molecule has 1 aliphatic heterocycles. The molecule has 2 aromatic rings. The summed E-state index contributed by atoms with van der Waals surface area (Å²) in [5, 5.41) is 2.60. The normalized spacial score (nSPS) is 23.8. The van der Waals surface area contributed by atoms with Gasteiger partial charge in [-0.05, 0) is 82.8 Å². The average Bonchev–Trinajstić information content (AvgIpc) is 3.30. The van der Waals surface area contributed by atoms with Crippen molar-refractivity contribution in [3.05, 3.63) is 65.7 Å². The Hall–Kier alpha value is -2.92. The minimum Gasteiger partial charge on any atom is -0.340 e. The van der Waals surface area contributed by atoms with Crippen molar-refractivity contribution in [2.24, 2.45) is 0 Å². The molecule has 41 heavy (non-hydrogen) atoms. The molecule has 7 nitrogen and oxygen atoms in total. The topological polar surface area (TPSA) is 86.8 Å². The van der Waals surface area contributed by atoms with Crippen LogP contribution in [0.25, 0.3) is 0 Å². The van der Waals surface area contributed by atoms with Gasteiger partial charge in [0.25, 0.3) is 5.91 Å². The molecule has 1 atom stereocenters. The quantitative estimate of drug-likeness (QED) is 0.446. The highest BCUT2D eigenvalue weighted by Crippen LogP contribution is 2.40. The van der Waals surface area contributed by atoms with E-state index in [-0.39, 0.29) is 35.2 Å². The number of alkyl halides is 3. The largest absolute Gasteiger partial charge is 0.416 e. The van der Waals surface area contributed by atoms with Crippen molar-refractivity contribution in [3.63, 3.8) is 0 Å². The van der Waals surface area contributed by atoms with E-state index in [1.54, 1.807) is 35.2 Å². The van der Waals surface area contributed by atoms with Gasteiger partial charge >= 0.3 is 6.18 Å². The molecule has 2 aliphatic rings. The summed E-state index contributed by atoms with van der Waals surface area (Å²) in [6.45, 7) is 7.48. The van der Waals surface area contributed by atoms with Gasteiger partial charge in [0.2, 0.25) is 5.91 Å². The van der Waals surface area contributed by atoms with E-state index in [0.29, 0.717) is 18.9 Å². The number of carbonyl (C=O) groups excluding carboxylic acids is 2. The van der Waals surface area contributed by atoms with Gasteiger partial charge in [0.05, 0.1) is 21.8 Å². The zero-order valence-corrected chi connectivity index (χ0v) is 24.5. The minimum absolute atomic E-state index is 0.193. The molecule has 0 unspecified atom stereocenters. The first-order chi connectivity index (χ1) is 19.3. The van der Waals surface area contributed by atoms with Crippen LogP contribution in [0.3, 0.4) is 0 Å². The lowest BCUT2D eigenvalue weighted by Gasteiger charge is -2.49. The molecule has 2 aromatic carbocycles. The van der Waals surface area contributed by atoms with Crippen molar-refractivity contribution >= 4 is 21.7 Å². The lowest BCUT2D eigenvalue weighted by Crippen LogP contribution is -2.59. The molecule has 224 valence electrons. The molecule has 1 saturated heterocycles. The smallest absolute Gasteiger partial charge is 0.340 e. The first kappa shape index (κ1) is 31.0. The van der Waals surface area contributed by atoms with Crippen molar-refractivity contribution in [2.45, 2.75) is 87.6 Å². The zero-order chi connectivity index (χ0) is 30.0. The molecule has 0 bridgehead atoms. The third-order valence-electron chi connectivity index (χ3n) is 8.48. The average molecular weight is 594 g/mol. The number of hydrogen-bond acceptors (Lipinski definition) is 5. The van der Waals surface area contributed by atoms with Gasteiger partial charge in [-0.2, -0.15) is 13.2 Å². The molecule has 0 spiro atoms. The Morgan fingerprint density at radius 2 is 1.73 bits per heavy atom. The van der Waals surface area contributed by atoms with E-state index in [2.05, 4.69) is 31.0 Å². The number of carbonyl (C=O) groups is 2. The summed E-state index contributed by atoms with van der Waals surface area (Å²) in [7, 11) is -3.74. The first-order valence-corrected chi connectivity index (χ1v) is 15.8. The molecular formula is C30H38F3N3O4S. The summed E-state index contributed by atoms with van der Waals surface area (Å²) in [5.41, 5.74) is -2.09. The molecule has 1 aliphatic carbocycles. The molecule has 4 rings (SSSR count). The van der Waals surface area contributed by atoms with Gasteiger partial charge in [-0.3, -0.25) is 14.5 Å². The van der Waals surface area contributed by atoms with Crippen LogP contribution in [0.1, 0.15) is 68.8 Å². The second kappa shape index (κ2) is 12.1. The summed E-state index contributed by atoms with van der Waals surface area (Å²) >= 11 is 0. The predicted octanol–water partition coefficient (Wildman–Crippen LogP) is 4.92. The lowest BCUT2D eigenvalue weighted by molar-refractivity contribution is -0.138. The van der Waals surface area contributed by atoms with Crippen molar-refractivity contribution in [1.82, 2.24) is 15.1 Å². The van der Waals surface area contributed by atoms with Crippen LogP contribution in [-0.2, 0) is 20.8 Å². The lowest BCUT2D eigenvalue weighted by atomic mass is 9.78. The minimum atomic E-state index is -4.60. The third kappa shape index (κ3) is 6.77. The Kier molecular flexibility index (Phi) is 9.18. The van der Waals surface area contributed by atoms with Crippen LogP contribution in [0.5, 0.6) is 0 Å². The zero-order valence-electron chi connectivity index (χ0n) is 23.7. The molecular weight excluding hydrogens is 555 g/mol.